The summed E-state index contributed by atoms with van der Waals surface area (Å²) in [6.45, 7) is 3.56. The van der Waals surface area contributed by atoms with Crippen LogP contribution in [0.4, 0.5) is 0 Å². The number of phenols is 1. The number of phenolic OH excluding ortho intramolecular Hbond substituents is 1. The number of carbonyl (C=O) groups is 2. The minimum absolute atomic E-state index is 0.0457. The van der Waals surface area contributed by atoms with Crippen LogP contribution in [0.25, 0.3) is 0 Å². The SMILES string of the molecule is Cc1cc(CC2C(=O)NC(=S)NC2=O)cc(C)c1O. The van der Waals surface area contributed by atoms with E-state index >= 15 is 0 Å². The molecule has 1 aliphatic rings. The molecule has 5 nitrogen and oxygen atoms in total. The Kier molecular flexibility index (Phi) is 3.53. The van der Waals surface area contributed by atoms with E-state index < -0.39 is 17.7 Å². The zero-order valence-corrected chi connectivity index (χ0v) is 11.4. The van der Waals surface area contributed by atoms with Gasteiger partial charge in [-0.2, -0.15) is 0 Å². The highest BCUT2D eigenvalue weighted by molar-refractivity contribution is 7.80. The van der Waals surface area contributed by atoms with Crippen molar-refractivity contribution in [3.05, 3.63) is 28.8 Å². The van der Waals surface area contributed by atoms with Crippen molar-refractivity contribution >= 4 is 29.1 Å². The van der Waals surface area contributed by atoms with Crippen molar-refractivity contribution in [3.8, 4) is 5.75 Å². The van der Waals surface area contributed by atoms with Crippen LogP contribution < -0.4 is 10.6 Å². The molecule has 100 valence electrons. The first-order valence-corrected chi connectivity index (χ1v) is 6.24. The first-order valence-electron chi connectivity index (χ1n) is 5.83. The average Bonchev–Trinajstić information content (AvgIpc) is 2.30. The van der Waals surface area contributed by atoms with Crippen molar-refractivity contribution < 1.29 is 14.7 Å². The van der Waals surface area contributed by atoms with Gasteiger partial charge in [-0.25, -0.2) is 0 Å². The number of nitrogens with one attached hydrogen (secondary N) is 2. The van der Waals surface area contributed by atoms with Crippen LogP contribution in [0.15, 0.2) is 12.1 Å². The number of aryl methyl sites for hydroxylation is 2. The molecule has 1 aromatic carbocycles. The molecule has 19 heavy (non-hydrogen) atoms. The summed E-state index contributed by atoms with van der Waals surface area (Å²) in [5, 5.41) is 14.6. The quantitative estimate of drug-likeness (QED) is 0.549. The molecule has 3 N–H and O–H groups in total. The second-order valence-corrected chi connectivity index (χ2v) is 5.05. The van der Waals surface area contributed by atoms with Crippen LogP contribution in [-0.2, 0) is 16.0 Å². The van der Waals surface area contributed by atoms with E-state index in [4.69, 9.17) is 12.2 Å². The second kappa shape index (κ2) is 4.97. The number of hydrogen-bond acceptors (Lipinski definition) is 4. The molecule has 0 unspecified atom stereocenters. The van der Waals surface area contributed by atoms with Crippen LogP contribution >= 0.6 is 12.2 Å². The molecule has 1 heterocycles. The lowest BCUT2D eigenvalue weighted by molar-refractivity contribution is -0.135. The van der Waals surface area contributed by atoms with E-state index in [9.17, 15) is 14.7 Å². The number of thiocarbonyl (C=S) groups is 1. The maximum Gasteiger partial charge on any atom is 0.239 e. The third kappa shape index (κ3) is 2.73. The van der Waals surface area contributed by atoms with Crippen LogP contribution in [0, 0.1) is 19.8 Å². The summed E-state index contributed by atoms with van der Waals surface area (Å²) in [6.07, 6.45) is 0.280. The molecular formula is C13H14N2O3S. The van der Waals surface area contributed by atoms with Gasteiger partial charge in [0.2, 0.25) is 11.8 Å². The molecule has 1 saturated heterocycles. The van der Waals surface area contributed by atoms with Crippen molar-refractivity contribution in [1.82, 2.24) is 10.6 Å². The van der Waals surface area contributed by atoms with Crippen LogP contribution in [0.2, 0.25) is 0 Å². The lowest BCUT2D eigenvalue weighted by Crippen LogP contribution is -2.56. The molecule has 0 aromatic heterocycles. The monoisotopic (exact) mass is 278 g/mol. The summed E-state index contributed by atoms with van der Waals surface area (Å²) >= 11 is 4.74. The fourth-order valence-electron chi connectivity index (χ4n) is 2.13. The summed E-state index contributed by atoms with van der Waals surface area (Å²) in [4.78, 5) is 23.5. The van der Waals surface area contributed by atoms with E-state index in [0.29, 0.717) is 0 Å². The van der Waals surface area contributed by atoms with Gasteiger partial charge in [-0.05, 0) is 49.2 Å². The van der Waals surface area contributed by atoms with Gasteiger partial charge in [0.1, 0.15) is 11.7 Å². The molecule has 0 atom stereocenters. The Labute approximate surface area is 116 Å². The van der Waals surface area contributed by atoms with E-state index in [1.807, 2.05) is 0 Å². The highest BCUT2D eigenvalue weighted by Gasteiger charge is 2.32. The Balaban J connectivity index is 2.24. The van der Waals surface area contributed by atoms with E-state index in [1.54, 1.807) is 26.0 Å². The van der Waals surface area contributed by atoms with Crippen LogP contribution in [0.3, 0.4) is 0 Å². The summed E-state index contributed by atoms with van der Waals surface area (Å²) in [5.74, 6) is -1.34. The van der Waals surface area contributed by atoms with E-state index in [1.165, 1.54) is 0 Å². The predicted octanol–water partition coefficient (Wildman–Crippen LogP) is 0.699. The summed E-state index contributed by atoms with van der Waals surface area (Å²) < 4.78 is 0. The summed E-state index contributed by atoms with van der Waals surface area (Å²) in [7, 11) is 0. The summed E-state index contributed by atoms with van der Waals surface area (Å²) in [6, 6.07) is 3.55. The number of aromatic hydroxyl groups is 1. The fourth-order valence-corrected chi connectivity index (χ4v) is 2.33. The minimum Gasteiger partial charge on any atom is -0.507 e. The Morgan fingerprint density at radius 3 is 2.11 bits per heavy atom. The predicted molar refractivity (Wildman–Crippen MR) is 73.7 cm³/mol. The highest BCUT2D eigenvalue weighted by atomic mass is 32.1. The average molecular weight is 278 g/mol. The first-order chi connectivity index (χ1) is 8.88. The van der Waals surface area contributed by atoms with Gasteiger partial charge in [0, 0.05) is 0 Å². The number of rotatable bonds is 2. The number of carbonyl (C=O) groups excluding carboxylic acids is 2. The highest BCUT2D eigenvalue weighted by Crippen LogP contribution is 2.24. The van der Waals surface area contributed by atoms with Gasteiger partial charge in [0.05, 0.1) is 0 Å². The van der Waals surface area contributed by atoms with Gasteiger partial charge in [-0.15, -0.1) is 0 Å². The Hall–Kier alpha value is -1.95. The lowest BCUT2D eigenvalue weighted by atomic mass is 9.94. The van der Waals surface area contributed by atoms with Crippen molar-refractivity contribution in [3.63, 3.8) is 0 Å². The van der Waals surface area contributed by atoms with Gasteiger partial charge in [-0.1, -0.05) is 12.1 Å². The zero-order chi connectivity index (χ0) is 14.2. The third-order valence-electron chi connectivity index (χ3n) is 3.10. The Morgan fingerprint density at radius 2 is 1.63 bits per heavy atom. The second-order valence-electron chi connectivity index (χ2n) is 4.64. The molecule has 0 saturated carbocycles. The molecule has 6 heteroatoms. The van der Waals surface area contributed by atoms with Crippen molar-refractivity contribution in [1.29, 1.82) is 0 Å². The molecule has 1 aromatic rings. The van der Waals surface area contributed by atoms with Crippen LogP contribution in [-0.4, -0.2) is 22.0 Å². The van der Waals surface area contributed by atoms with Gasteiger partial charge in [-0.3, -0.25) is 9.59 Å². The topological polar surface area (TPSA) is 78.4 Å². The first kappa shape index (κ1) is 13.5. The number of amides is 2. The molecule has 2 rings (SSSR count). The van der Waals surface area contributed by atoms with Gasteiger partial charge < -0.3 is 15.7 Å². The fraction of sp³-hybridized carbons (Fsp3) is 0.308. The summed E-state index contributed by atoms with van der Waals surface area (Å²) in [5.41, 5.74) is 2.28. The molecule has 0 radical (unpaired) electrons. The lowest BCUT2D eigenvalue weighted by Gasteiger charge is -2.22. The maximum absolute atomic E-state index is 11.7. The Morgan fingerprint density at radius 1 is 1.16 bits per heavy atom. The molecule has 0 spiro atoms. The third-order valence-corrected chi connectivity index (χ3v) is 3.30. The molecule has 1 aliphatic heterocycles. The van der Waals surface area contributed by atoms with E-state index in [0.717, 1.165) is 16.7 Å². The Bertz CT molecular complexity index is 540. The molecule has 0 bridgehead atoms. The molecular weight excluding hydrogens is 264 g/mol. The van der Waals surface area contributed by atoms with Gasteiger partial charge in [0.15, 0.2) is 5.11 Å². The smallest absolute Gasteiger partial charge is 0.239 e. The van der Waals surface area contributed by atoms with E-state index in [2.05, 4.69) is 10.6 Å². The van der Waals surface area contributed by atoms with Gasteiger partial charge >= 0.3 is 0 Å². The number of hydrogen-bond donors (Lipinski definition) is 3. The van der Waals surface area contributed by atoms with Gasteiger partial charge in [0.25, 0.3) is 0 Å². The maximum atomic E-state index is 11.7. The zero-order valence-electron chi connectivity index (χ0n) is 10.6. The van der Waals surface area contributed by atoms with Crippen molar-refractivity contribution in [2.75, 3.05) is 0 Å². The molecule has 0 aliphatic carbocycles. The van der Waals surface area contributed by atoms with Crippen LogP contribution in [0.5, 0.6) is 5.75 Å². The van der Waals surface area contributed by atoms with Crippen LogP contribution in [0.1, 0.15) is 16.7 Å². The van der Waals surface area contributed by atoms with Crippen molar-refractivity contribution in [2.24, 2.45) is 5.92 Å². The number of benzene rings is 1. The molecule has 1 fully saturated rings. The largest absolute Gasteiger partial charge is 0.507 e. The van der Waals surface area contributed by atoms with E-state index in [-0.39, 0.29) is 17.3 Å². The molecule has 2 amide bonds. The standard InChI is InChI=1S/C13H14N2O3S/c1-6-3-8(4-7(2)10(6)16)5-9-11(17)14-13(19)15-12(9)18/h3-4,9,16H,5H2,1-2H3,(H2,14,15,17,18,19). The minimum atomic E-state index is -0.796. The van der Waals surface area contributed by atoms with Crippen molar-refractivity contribution in [2.45, 2.75) is 20.3 Å². The normalized spacial score (nSPS) is 16.2.